The van der Waals surface area contributed by atoms with Crippen molar-refractivity contribution in [2.75, 3.05) is 14.1 Å². The molecule has 0 saturated heterocycles. The highest BCUT2D eigenvalue weighted by atomic mass is 15.1. The molecule has 0 aromatic heterocycles. The molecule has 2 heteroatoms. The van der Waals surface area contributed by atoms with Crippen LogP contribution in [0.2, 0.25) is 0 Å². The number of likely N-dealkylation sites (N-methyl/N-ethyl adjacent to an activating group) is 1. The van der Waals surface area contributed by atoms with Crippen molar-refractivity contribution in [1.29, 1.82) is 0 Å². The summed E-state index contributed by atoms with van der Waals surface area (Å²) in [7, 11) is 3.79. The second-order valence-corrected chi connectivity index (χ2v) is 3.77. The van der Waals surface area contributed by atoms with Gasteiger partial charge in [0.1, 0.15) is 0 Å². The van der Waals surface area contributed by atoms with Crippen LogP contribution in [0.4, 0.5) is 0 Å². The molecule has 0 rings (SSSR count). The highest BCUT2D eigenvalue weighted by Gasteiger charge is 2.05. The van der Waals surface area contributed by atoms with Crippen LogP contribution in [0.25, 0.3) is 0 Å². The first-order chi connectivity index (χ1) is 7.67. The van der Waals surface area contributed by atoms with E-state index in [-0.39, 0.29) is 0 Å². The summed E-state index contributed by atoms with van der Waals surface area (Å²) in [5, 5.41) is 0. The quantitative estimate of drug-likeness (QED) is 0.449. The first kappa shape index (κ1) is 14.7. The number of unbranched alkanes of at least 4 members (excludes halogenated alkanes) is 1. The minimum Gasteiger partial charge on any atom is -0.352 e. The van der Waals surface area contributed by atoms with Gasteiger partial charge in [0.05, 0.1) is 0 Å². The van der Waals surface area contributed by atoms with Crippen molar-refractivity contribution in [2.45, 2.75) is 32.6 Å². The lowest BCUT2D eigenvalue weighted by Gasteiger charge is -2.20. The molecular weight excluding hydrogens is 196 g/mol. The van der Waals surface area contributed by atoms with Crippen molar-refractivity contribution in [3.05, 3.63) is 36.7 Å². The Kier molecular flexibility index (Phi) is 8.22. The molecule has 16 heavy (non-hydrogen) atoms. The van der Waals surface area contributed by atoms with Gasteiger partial charge in [0.25, 0.3) is 0 Å². The molecule has 0 unspecified atom stereocenters. The van der Waals surface area contributed by atoms with Gasteiger partial charge in [-0.15, -0.1) is 0 Å². The van der Waals surface area contributed by atoms with E-state index >= 15 is 0 Å². The average molecular weight is 220 g/mol. The Labute approximate surface area is 100 Å². The summed E-state index contributed by atoms with van der Waals surface area (Å²) in [6.07, 6.45) is 10.1. The van der Waals surface area contributed by atoms with Crippen molar-refractivity contribution in [1.82, 2.24) is 4.90 Å². The third-order valence-electron chi connectivity index (χ3n) is 2.45. The number of rotatable bonds is 8. The van der Waals surface area contributed by atoms with E-state index in [0.717, 1.165) is 18.5 Å². The number of allylic oxidation sites excluding steroid dienone is 2. The molecule has 0 radical (unpaired) electrons. The molecule has 0 saturated carbocycles. The van der Waals surface area contributed by atoms with Gasteiger partial charge in [-0.1, -0.05) is 32.6 Å². The van der Waals surface area contributed by atoms with Gasteiger partial charge in [0.2, 0.25) is 0 Å². The van der Waals surface area contributed by atoms with Crippen molar-refractivity contribution < 1.29 is 0 Å². The standard InChI is InChI=1S/C14H24N2/c1-6-8-10-13(3)14(16(5)7-2)11-9-12-15-4/h7,11-12H,2-3,6,8-10H2,1,4-5H3/b14-11+,15-12-. The van der Waals surface area contributed by atoms with Crippen molar-refractivity contribution >= 4 is 6.21 Å². The van der Waals surface area contributed by atoms with E-state index in [1.807, 2.05) is 24.4 Å². The lowest BCUT2D eigenvalue weighted by molar-refractivity contribution is 0.568. The predicted molar refractivity (Wildman–Crippen MR) is 73.7 cm³/mol. The van der Waals surface area contributed by atoms with Gasteiger partial charge in [0, 0.05) is 32.4 Å². The van der Waals surface area contributed by atoms with Gasteiger partial charge in [-0.2, -0.15) is 0 Å². The van der Waals surface area contributed by atoms with Crippen LogP contribution in [0.3, 0.4) is 0 Å². The van der Waals surface area contributed by atoms with E-state index in [0.29, 0.717) is 0 Å². The maximum atomic E-state index is 4.14. The zero-order valence-electron chi connectivity index (χ0n) is 10.9. The normalized spacial score (nSPS) is 11.8. The number of hydrogen-bond donors (Lipinski definition) is 0. The molecule has 0 N–H and O–H groups in total. The highest BCUT2D eigenvalue weighted by Crippen LogP contribution is 2.18. The first-order valence-corrected chi connectivity index (χ1v) is 5.81. The zero-order chi connectivity index (χ0) is 12.4. The molecule has 0 atom stereocenters. The van der Waals surface area contributed by atoms with E-state index in [4.69, 9.17) is 0 Å². The van der Waals surface area contributed by atoms with Gasteiger partial charge in [0.15, 0.2) is 0 Å². The highest BCUT2D eigenvalue weighted by molar-refractivity contribution is 5.59. The van der Waals surface area contributed by atoms with Crippen molar-refractivity contribution in [3.8, 4) is 0 Å². The smallest absolute Gasteiger partial charge is 0.0393 e. The summed E-state index contributed by atoms with van der Waals surface area (Å²) < 4.78 is 0. The van der Waals surface area contributed by atoms with Crippen LogP contribution >= 0.6 is 0 Å². The third-order valence-corrected chi connectivity index (χ3v) is 2.45. The van der Waals surface area contributed by atoms with Gasteiger partial charge in [-0.3, -0.25) is 0 Å². The summed E-state index contributed by atoms with van der Waals surface area (Å²) in [5.74, 6) is 0. The number of hydrogen-bond acceptors (Lipinski definition) is 2. The van der Waals surface area contributed by atoms with Gasteiger partial charge in [-0.25, -0.2) is 0 Å². The summed E-state index contributed by atoms with van der Waals surface area (Å²) in [4.78, 5) is 5.99. The molecule has 90 valence electrons. The average Bonchev–Trinajstić information content (AvgIpc) is 2.30. The first-order valence-electron chi connectivity index (χ1n) is 5.81. The molecular formula is C14H24N2. The lowest BCUT2D eigenvalue weighted by Crippen LogP contribution is -2.11. The molecule has 0 aliphatic heterocycles. The van der Waals surface area contributed by atoms with Gasteiger partial charge >= 0.3 is 0 Å². The van der Waals surface area contributed by atoms with E-state index in [1.54, 1.807) is 7.05 Å². The maximum absolute atomic E-state index is 4.14. The second kappa shape index (κ2) is 8.96. The Morgan fingerprint density at radius 2 is 2.12 bits per heavy atom. The monoisotopic (exact) mass is 220 g/mol. The Balaban J connectivity index is 4.58. The molecule has 0 bridgehead atoms. The SMILES string of the molecule is C=CN(C)/C(=C/C/C=N\C)C(=C)CCCC. The fourth-order valence-corrected chi connectivity index (χ4v) is 1.42. The molecule has 0 fully saturated rings. The second-order valence-electron chi connectivity index (χ2n) is 3.77. The van der Waals surface area contributed by atoms with Crippen LogP contribution < -0.4 is 0 Å². The number of nitrogens with zero attached hydrogens (tertiary/aromatic N) is 2. The van der Waals surface area contributed by atoms with Crippen LogP contribution in [0.1, 0.15) is 32.6 Å². The maximum Gasteiger partial charge on any atom is 0.0393 e. The fraction of sp³-hybridized carbons (Fsp3) is 0.500. The third kappa shape index (κ3) is 5.54. The predicted octanol–water partition coefficient (Wildman–Crippen LogP) is 3.78. The summed E-state index contributed by atoms with van der Waals surface area (Å²) >= 11 is 0. The van der Waals surface area contributed by atoms with Crippen LogP contribution in [0, 0.1) is 0 Å². The van der Waals surface area contributed by atoms with E-state index < -0.39 is 0 Å². The minimum atomic E-state index is 0.842. The zero-order valence-corrected chi connectivity index (χ0v) is 10.9. The van der Waals surface area contributed by atoms with Crippen LogP contribution in [-0.4, -0.2) is 25.2 Å². The largest absolute Gasteiger partial charge is 0.352 e. The van der Waals surface area contributed by atoms with Crippen LogP contribution in [0.5, 0.6) is 0 Å². The summed E-state index contributed by atoms with van der Waals surface area (Å²) in [6.45, 7) is 10.1. The lowest BCUT2D eigenvalue weighted by atomic mass is 10.1. The Hall–Kier alpha value is -1.31. The topological polar surface area (TPSA) is 15.6 Å². The Bertz CT molecular complexity index is 274. The van der Waals surface area contributed by atoms with Crippen LogP contribution in [0.15, 0.2) is 41.7 Å². The number of aliphatic imine (C=N–C) groups is 1. The van der Waals surface area contributed by atoms with E-state index in [1.165, 1.54) is 18.4 Å². The Morgan fingerprint density at radius 3 is 2.62 bits per heavy atom. The summed E-state index contributed by atoms with van der Waals surface area (Å²) in [6, 6.07) is 0. The van der Waals surface area contributed by atoms with Gasteiger partial charge < -0.3 is 9.89 Å². The molecule has 0 aliphatic carbocycles. The molecule has 0 amide bonds. The molecule has 0 spiro atoms. The molecule has 0 aromatic carbocycles. The van der Waals surface area contributed by atoms with Crippen LogP contribution in [-0.2, 0) is 0 Å². The molecule has 0 heterocycles. The van der Waals surface area contributed by atoms with Gasteiger partial charge in [-0.05, 0) is 24.6 Å². The molecule has 2 nitrogen and oxygen atoms in total. The van der Waals surface area contributed by atoms with E-state index in [9.17, 15) is 0 Å². The minimum absolute atomic E-state index is 0.842. The summed E-state index contributed by atoms with van der Waals surface area (Å²) in [5.41, 5.74) is 2.33. The van der Waals surface area contributed by atoms with Crippen molar-refractivity contribution in [2.24, 2.45) is 4.99 Å². The molecule has 0 aromatic rings. The Morgan fingerprint density at radius 1 is 1.44 bits per heavy atom. The molecule has 0 aliphatic rings. The van der Waals surface area contributed by atoms with Crippen molar-refractivity contribution in [3.63, 3.8) is 0 Å². The fourth-order valence-electron chi connectivity index (χ4n) is 1.42. The van der Waals surface area contributed by atoms with E-state index in [2.05, 4.69) is 31.2 Å².